The van der Waals surface area contributed by atoms with Gasteiger partial charge in [0.25, 0.3) is 11.5 Å². The molecule has 0 radical (unpaired) electrons. The first-order valence-electron chi connectivity index (χ1n) is 13.4. The number of alkyl halides is 3. The number of pyridine rings is 1. The molecule has 0 fully saturated rings. The van der Waals surface area contributed by atoms with E-state index in [2.05, 4.69) is 26.0 Å². The number of ether oxygens (including phenoxy) is 1. The van der Waals surface area contributed by atoms with Gasteiger partial charge in [0.15, 0.2) is 0 Å². The number of hydrogen-bond acceptors (Lipinski definition) is 7. The molecule has 4 aromatic rings. The minimum Gasteiger partial charge on any atom is -0.475 e. The van der Waals surface area contributed by atoms with Crippen molar-refractivity contribution in [3.8, 4) is 17.5 Å². The van der Waals surface area contributed by atoms with Crippen molar-refractivity contribution in [3.63, 3.8) is 0 Å². The van der Waals surface area contributed by atoms with Crippen molar-refractivity contribution in [2.75, 3.05) is 6.61 Å². The molecule has 1 N–H and O–H groups in total. The minimum absolute atomic E-state index is 0.0502. The predicted octanol–water partition coefficient (Wildman–Crippen LogP) is 4.56. The van der Waals surface area contributed by atoms with Crippen LogP contribution in [0.4, 0.5) is 13.2 Å². The van der Waals surface area contributed by atoms with E-state index in [-0.39, 0.29) is 47.0 Å². The van der Waals surface area contributed by atoms with Crippen LogP contribution in [-0.2, 0) is 19.1 Å². The smallest absolute Gasteiger partial charge is 0.417 e. The summed E-state index contributed by atoms with van der Waals surface area (Å²) in [6, 6.07) is 7.89. The van der Waals surface area contributed by atoms with Gasteiger partial charge in [-0.05, 0) is 64.4 Å². The molecule has 226 valence electrons. The van der Waals surface area contributed by atoms with Gasteiger partial charge in [0.2, 0.25) is 11.8 Å². The molecule has 14 heteroatoms. The largest absolute Gasteiger partial charge is 0.475 e. The average molecular weight is 661 g/mol. The fourth-order valence-corrected chi connectivity index (χ4v) is 5.43. The lowest BCUT2D eigenvalue weighted by atomic mass is 9.98. The molecule has 0 bridgehead atoms. The molecule has 0 saturated carbocycles. The van der Waals surface area contributed by atoms with Gasteiger partial charge >= 0.3 is 6.18 Å². The number of benzene rings is 1. The molecule has 43 heavy (non-hydrogen) atoms. The number of aryl methyl sites for hydroxylation is 2. The van der Waals surface area contributed by atoms with Gasteiger partial charge in [-0.3, -0.25) is 9.59 Å². The number of rotatable bonds is 6. The van der Waals surface area contributed by atoms with Gasteiger partial charge in [-0.2, -0.15) is 18.3 Å². The summed E-state index contributed by atoms with van der Waals surface area (Å²) in [4.78, 5) is 38.1. The molecule has 0 unspecified atom stereocenters. The Kier molecular flexibility index (Phi) is 8.18. The number of aliphatic hydroxyl groups excluding tert-OH is 1. The van der Waals surface area contributed by atoms with E-state index >= 15 is 0 Å². The third kappa shape index (κ3) is 6.07. The highest BCUT2D eigenvalue weighted by atomic mass is 79.9. The summed E-state index contributed by atoms with van der Waals surface area (Å²) in [5.74, 6) is -0.175. The van der Waals surface area contributed by atoms with E-state index in [0.29, 0.717) is 28.3 Å². The van der Waals surface area contributed by atoms with Crippen LogP contribution in [0.2, 0.25) is 0 Å². The van der Waals surface area contributed by atoms with Crippen molar-refractivity contribution >= 4 is 21.8 Å². The van der Waals surface area contributed by atoms with Crippen molar-refractivity contribution < 1.29 is 27.8 Å². The summed E-state index contributed by atoms with van der Waals surface area (Å²) in [7, 11) is 0. The van der Waals surface area contributed by atoms with E-state index in [0.717, 1.165) is 6.07 Å². The fraction of sp³-hybridized carbons (Fsp3) is 0.345. The van der Waals surface area contributed by atoms with Crippen molar-refractivity contribution in [1.82, 2.24) is 29.2 Å². The van der Waals surface area contributed by atoms with Crippen LogP contribution in [0, 0.1) is 13.8 Å². The quantitative estimate of drug-likeness (QED) is 0.322. The number of carbonyl (C=O) groups excluding carboxylic acids is 1. The number of aromatic nitrogens is 5. The van der Waals surface area contributed by atoms with Gasteiger partial charge in [-0.1, -0.05) is 15.9 Å². The van der Waals surface area contributed by atoms with Gasteiger partial charge < -0.3 is 14.7 Å². The Balaban J connectivity index is 1.58. The molecule has 4 heterocycles. The molecule has 1 amide bonds. The van der Waals surface area contributed by atoms with Crippen LogP contribution >= 0.6 is 15.9 Å². The highest BCUT2D eigenvalue weighted by Crippen LogP contribution is 2.36. The van der Waals surface area contributed by atoms with E-state index in [9.17, 15) is 27.9 Å². The lowest BCUT2D eigenvalue weighted by Gasteiger charge is -2.34. The molecule has 10 nitrogen and oxygen atoms in total. The van der Waals surface area contributed by atoms with Gasteiger partial charge in [0.05, 0.1) is 41.5 Å². The highest BCUT2D eigenvalue weighted by molar-refractivity contribution is 9.10. The molecular formula is C29H28BrF3N6O4. The van der Waals surface area contributed by atoms with Crippen LogP contribution in [0.15, 0.2) is 51.9 Å². The summed E-state index contributed by atoms with van der Waals surface area (Å²) in [5, 5.41) is 14.0. The van der Waals surface area contributed by atoms with Crippen LogP contribution in [-0.4, -0.2) is 59.0 Å². The van der Waals surface area contributed by atoms with Gasteiger partial charge in [0.1, 0.15) is 6.61 Å². The Hall–Kier alpha value is -4.04. The monoisotopic (exact) mass is 660 g/mol. The molecule has 2 atom stereocenters. The zero-order valence-electron chi connectivity index (χ0n) is 23.7. The van der Waals surface area contributed by atoms with E-state index in [1.54, 1.807) is 32.9 Å². The first kappa shape index (κ1) is 30.4. The maximum Gasteiger partial charge on any atom is 0.417 e. The Morgan fingerprint density at radius 2 is 1.95 bits per heavy atom. The molecule has 0 saturated heterocycles. The number of amides is 1. The second-order valence-corrected chi connectivity index (χ2v) is 11.4. The van der Waals surface area contributed by atoms with Crippen molar-refractivity contribution in [2.24, 2.45) is 0 Å². The number of hydrogen-bond donors (Lipinski definition) is 1. The number of carbonyl (C=O) groups is 1. The standard InChI is InChI=1S/C29H28BrF3N6O4/c1-15-9-17(3)39(36-15)28-35-24-13-37(26(41)19-5-7-23(30)22(11-19)29(31,32)33)16(2)10-21(24)27(42)38(28)20-6-8-25(34-12-20)43-14-18(4)40/h5-9,11-12,16,18,40H,10,13-14H2,1-4H3/t16-,18+/m1/s1. The maximum atomic E-state index is 14.1. The van der Waals surface area contributed by atoms with E-state index < -0.39 is 29.8 Å². The summed E-state index contributed by atoms with van der Waals surface area (Å²) in [5.41, 5.74) is 1.04. The van der Waals surface area contributed by atoms with E-state index in [1.807, 2.05) is 13.0 Å². The Morgan fingerprint density at radius 1 is 1.21 bits per heavy atom. The lowest BCUT2D eigenvalue weighted by Crippen LogP contribution is -2.46. The van der Waals surface area contributed by atoms with E-state index in [4.69, 9.17) is 9.72 Å². The minimum atomic E-state index is -4.65. The van der Waals surface area contributed by atoms with Crippen LogP contribution in [0.25, 0.3) is 11.6 Å². The van der Waals surface area contributed by atoms with Gasteiger partial charge in [0, 0.05) is 33.4 Å². The number of halogens is 4. The number of nitrogens with zero attached hydrogens (tertiary/aromatic N) is 6. The van der Waals surface area contributed by atoms with E-state index in [1.165, 1.54) is 32.5 Å². The summed E-state index contributed by atoms with van der Waals surface area (Å²) in [6.07, 6.45) is -3.74. The Bertz CT molecular complexity index is 1750. The third-order valence-corrected chi connectivity index (χ3v) is 7.72. The van der Waals surface area contributed by atoms with Crippen LogP contribution in [0.1, 0.15) is 52.4 Å². The predicted molar refractivity (Wildman–Crippen MR) is 154 cm³/mol. The third-order valence-electron chi connectivity index (χ3n) is 7.03. The van der Waals surface area contributed by atoms with Crippen molar-refractivity contribution in [1.29, 1.82) is 0 Å². The van der Waals surface area contributed by atoms with Crippen LogP contribution in [0.3, 0.4) is 0 Å². The molecule has 0 spiro atoms. The second-order valence-electron chi connectivity index (χ2n) is 10.5. The van der Waals surface area contributed by atoms with Crippen LogP contribution < -0.4 is 10.3 Å². The second kappa shape index (κ2) is 11.6. The summed E-state index contributed by atoms with van der Waals surface area (Å²) >= 11 is 2.91. The normalized spacial score (nSPS) is 15.7. The molecule has 1 aliphatic rings. The lowest BCUT2D eigenvalue weighted by molar-refractivity contribution is -0.138. The van der Waals surface area contributed by atoms with Gasteiger partial charge in [-0.15, -0.1) is 0 Å². The zero-order valence-corrected chi connectivity index (χ0v) is 25.3. The topological polar surface area (TPSA) is 115 Å². The molecular weight excluding hydrogens is 633 g/mol. The van der Waals surface area contributed by atoms with Gasteiger partial charge in [-0.25, -0.2) is 19.2 Å². The Morgan fingerprint density at radius 3 is 2.56 bits per heavy atom. The fourth-order valence-electron chi connectivity index (χ4n) is 4.96. The summed E-state index contributed by atoms with van der Waals surface area (Å²) < 4.78 is 48.8. The van der Waals surface area contributed by atoms with Crippen molar-refractivity contribution in [2.45, 2.75) is 59.0 Å². The first-order valence-corrected chi connectivity index (χ1v) is 14.2. The molecule has 3 aromatic heterocycles. The molecule has 1 aromatic carbocycles. The zero-order chi connectivity index (χ0) is 31.2. The first-order chi connectivity index (χ1) is 20.2. The van der Waals surface area contributed by atoms with Crippen LogP contribution in [0.5, 0.6) is 5.88 Å². The molecule has 5 rings (SSSR count). The number of aliphatic hydroxyl groups is 1. The SMILES string of the molecule is Cc1cc(C)n(-c2nc3c(c(=O)n2-c2ccc(OC[C@H](C)O)nc2)C[C@@H](C)N(C(=O)c2ccc(Br)c(C(F)(F)F)c2)C3)n1. The molecule has 0 aliphatic carbocycles. The number of fused-ring (bicyclic) bond motifs is 1. The summed E-state index contributed by atoms with van der Waals surface area (Å²) in [6.45, 7) is 6.90. The average Bonchev–Trinajstić information content (AvgIpc) is 3.28. The molecule has 1 aliphatic heterocycles. The van der Waals surface area contributed by atoms with Crippen molar-refractivity contribution in [3.05, 3.63) is 91.2 Å². The Labute approximate surface area is 252 Å². The maximum absolute atomic E-state index is 14.1. The highest BCUT2D eigenvalue weighted by Gasteiger charge is 2.36.